The number of hydroxylamine groups is 2. The Morgan fingerprint density at radius 1 is 1.19 bits per heavy atom. The lowest BCUT2D eigenvalue weighted by atomic mass is 9.74. The lowest BCUT2D eigenvalue weighted by Gasteiger charge is -2.34. The van der Waals surface area contributed by atoms with Gasteiger partial charge >= 0.3 is 0 Å². The highest BCUT2D eigenvalue weighted by Crippen LogP contribution is 2.46. The predicted molar refractivity (Wildman–Crippen MR) is 63.3 cm³/mol. The van der Waals surface area contributed by atoms with E-state index >= 15 is 0 Å². The van der Waals surface area contributed by atoms with Crippen LogP contribution in [0.25, 0.3) is 0 Å². The number of carbonyl (C=O) groups excluding carboxylic acids is 1. The summed E-state index contributed by atoms with van der Waals surface area (Å²) in [5.74, 6) is 0.0314. The van der Waals surface area contributed by atoms with Gasteiger partial charge in [0, 0.05) is 16.9 Å². The van der Waals surface area contributed by atoms with E-state index in [1.54, 1.807) is 0 Å². The van der Waals surface area contributed by atoms with Gasteiger partial charge in [0.1, 0.15) is 5.78 Å². The Morgan fingerprint density at radius 3 is 1.88 bits per heavy atom. The van der Waals surface area contributed by atoms with Crippen molar-refractivity contribution < 1.29 is 10.0 Å². The molecule has 1 fully saturated rings. The van der Waals surface area contributed by atoms with E-state index in [1.165, 1.54) is 0 Å². The smallest absolute Gasteiger partial charge is 0.143 e. The highest BCUT2D eigenvalue weighted by molar-refractivity contribution is 5.87. The summed E-state index contributed by atoms with van der Waals surface area (Å²) in [6.07, 6.45) is 0.652. The van der Waals surface area contributed by atoms with Crippen LogP contribution in [0.1, 0.15) is 54.9 Å². The summed E-state index contributed by atoms with van der Waals surface area (Å²) >= 11 is 0. The molecule has 1 atom stereocenters. The van der Waals surface area contributed by atoms with E-state index in [9.17, 15) is 10.0 Å². The summed E-state index contributed by atoms with van der Waals surface area (Å²) in [6.45, 7) is 13.4. The van der Waals surface area contributed by atoms with Gasteiger partial charge in [0.25, 0.3) is 0 Å². The van der Waals surface area contributed by atoms with E-state index in [0.29, 0.717) is 6.42 Å². The number of rotatable bonds is 1. The molecular formula is C13H24NO2. The highest BCUT2D eigenvalue weighted by atomic mass is 16.5. The van der Waals surface area contributed by atoms with Gasteiger partial charge in [-0.25, -0.2) is 0 Å². The van der Waals surface area contributed by atoms with Crippen LogP contribution in [0.3, 0.4) is 0 Å². The van der Waals surface area contributed by atoms with Crippen LogP contribution in [0, 0.1) is 11.3 Å². The molecule has 0 N–H and O–H groups in total. The molecule has 0 aromatic rings. The molecule has 0 bridgehead atoms. The Balaban J connectivity index is 3.06. The van der Waals surface area contributed by atoms with Crippen LogP contribution < -0.4 is 0 Å². The minimum atomic E-state index is -0.589. The molecule has 93 valence electrons. The molecule has 1 aliphatic rings. The van der Waals surface area contributed by atoms with Crippen LogP contribution >= 0.6 is 0 Å². The molecule has 0 spiro atoms. The molecule has 16 heavy (non-hydrogen) atoms. The Labute approximate surface area is 98.8 Å². The molecule has 3 heteroatoms. The molecule has 1 radical (unpaired) electrons. The summed E-state index contributed by atoms with van der Waals surface area (Å²) in [4.78, 5) is 12.4. The van der Waals surface area contributed by atoms with Crippen molar-refractivity contribution >= 4 is 5.78 Å². The fourth-order valence-corrected chi connectivity index (χ4v) is 2.69. The number of Topliss-reactive ketones (excluding diaryl/α,β-unsaturated/α-hetero) is 1. The van der Waals surface area contributed by atoms with E-state index in [2.05, 4.69) is 0 Å². The van der Waals surface area contributed by atoms with Crippen molar-refractivity contribution in [1.82, 2.24) is 5.06 Å². The fourth-order valence-electron chi connectivity index (χ4n) is 2.69. The second-order valence-electron chi connectivity index (χ2n) is 7.13. The van der Waals surface area contributed by atoms with Gasteiger partial charge in [-0.05, 0) is 34.1 Å². The third-order valence-electron chi connectivity index (χ3n) is 3.69. The van der Waals surface area contributed by atoms with Gasteiger partial charge in [-0.2, -0.15) is 0 Å². The molecular weight excluding hydrogens is 202 g/mol. The number of ketones is 1. The average Bonchev–Trinajstić information content (AvgIpc) is 2.24. The lowest BCUT2D eigenvalue weighted by molar-refractivity contribution is -0.248. The Hall–Kier alpha value is -0.410. The Kier molecular flexibility index (Phi) is 3.02. The molecule has 0 aromatic heterocycles. The minimum absolute atomic E-state index is 0.167. The van der Waals surface area contributed by atoms with Crippen molar-refractivity contribution in [3.63, 3.8) is 0 Å². The first kappa shape index (κ1) is 13.7. The molecule has 1 aliphatic heterocycles. The summed E-state index contributed by atoms with van der Waals surface area (Å²) in [6, 6.07) is 0. The topological polar surface area (TPSA) is 40.2 Å². The largest absolute Gasteiger partial charge is 0.299 e. The van der Waals surface area contributed by atoms with Gasteiger partial charge < -0.3 is 0 Å². The van der Waals surface area contributed by atoms with Crippen molar-refractivity contribution in [2.24, 2.45) is 11.3 Å². The van der Waals surface area contributed by atoms with E-state index in [0.717, 1.165) is 5.06 Å². The van der Waals surface area contributed by atoms with E-state index in [4.69, 9.17) is 0 Å². The van der Waals surface area contributed by atoms with E-state index in [1.807, 2.05) is 48.5 Å². The summed E-state index contributed by atoms with van der Waals surface area (Å²) < 4.78 is 0. The third kappa shape index (κ3) is 2.03. The van der Waals surface area contributed by atoms with Crippen molar-refractivity contribution in [2.75, 3.05) is 0 Å². The van der Waals surface area contributed by atoms with Crippen molar-refractivity contribution in [1.29, 1.82) is 0 Å². The third-order valence-corrected chi connectivity index (χ3v) is 3.69. The maximum absolute atomic E-state index is 12.4. The van der Waals surface area contributed by atoms with Gasteiger partial charge in [-0.15, -0.1) is 10.3 Å². The normalized spacial score (nSPS) is 29.4. The van der Waals surface area contributed by atoms with Gasteiger partial charge in [0.05, 0.1) is 5.54 Å². The molecule has 0 saturated carbocycles. The van der Waals surface area contributed by atoms with Crippen LogP contribution in [0.2, 0.25) is 0 Å². The predicted octanol–water partition coefficient (Wildman–Crippen LogP) is 2.83. The van der Waals surface area contributed by atoms with Crippen LogP contribution in [0.15, 0.2) is 0 Å². The molecule has 0 aliphatic carbocycles. The fraction of sp³-hybridized carbons (Fsp3) is 0.923. The molecule has 1 heterocycles. The average molecular weight is 226 g/mol. The molecule has 1 unspecified atom stereocenters. The molecule has 0 amide bonds. The second kappa shape index (κ2) is 3.54. The zero-order chi connectivity index (χ0) is 12.9. The zero-order valence-corrected chi connectivity index (χ0v) is 11.5. The zero-order valence-electron chi connectivity index (χ0n) is 11.5. The van der Waals surface area contributed by atoms with Crippen molar-refractivity contribution in [2.45, 2.75) is 66.0 Å². The molecule has 1 saturated heterocycles. The summed E-state index contributed by atoms with van der Waals surface area (Å²) in [5, 5.41) is 13.3. The monoisotopic (exact) mass is 226 g/mol. The quantitative estimate of drug-likeness (QED) is 0.689. The number of carbonyl (C=O) groups is 1. The summed E-state index contributed by atoms with van der Waals surface area (Å²) in [7, 11) is 0. The van der Waals surface area contributed by atoms with Crippen LogP contribution in [0.4, 0.5) is 0 Å². The first-order valence-corrected chi connectivity index (χ1v) is 5.92. The Morgan fingerprint density at radius 2 is 1.62 bits per heavy atom. The number of hydrogen-bond donors (Lipinski definition) is 0. The van der Waals surface area contributed by atoms with E-state index < -0.39 is 11.1 Å². The molecule has 0 aromatic carbocycles. The minimum Gasteiger partial charge on any atom is -0.299 e. The van der Waals surface area contributed by atoms with Gasteiger partial charge in [0.15, 0.2) is 0 Å². The SMILES string of the molecule is CC(C)(C)C(=O)C1CC(C)(C)N([O])C1(C)C. The first-order valence-electron chi connectivity index (χ1n) is 5.92. The van der Waals surface area contributed by atoms with Gasteiger partial charge in [-0.3, -0.25) is 4.79 Å². The molecule has 3 nitrogen and oxygen atoms in total. The van der Waals surface area contributed by atoms with Crippen LogP contribution in [0.5, 0.6) is 0 Å². The maximum Gasteiger partial charge on any atom is 0.143 e. The van der Waals surface area contributed by atoms with Gasteiger partial charge in [-0.1, -0.05) is 20.8 Å². The standard InChI is InChI=1S/C13H24NO2/c1-11(2,3)10(15)9-8-12(4,5)14(16)13(9,6)7/h9H,8H2,1-7H3. The van der Waals surface area contributed by atoms with E-state index in [-0.39, 0.29) is 17.1 Å². The lowest BCUT2D eigenvalue weighted by Crippen LogP contribution is -2.48. The van der Waals surface area contributed by atoms with Crippen molar-refractivity contribution in [3.05, 3.63) is 0 Å². The number of hydrogen-bond acceptors (Lipinski definition) is 2. The van der Waals surface area contributed by atoms with Crippen LogP contribution in [-0.2, 0) is 10.0 Å². The maximum atomic E-state index is 12.4. The second-order valence-corrected chi connectivity index (χ2v) is 7.13. The van der Waals surface area contributed by atoms with Crippen molar-refractivity contribution in [3.8, 4) is 0 Å². The Bertz CT molecular complexity index is 300. The first-order chi connectivity index (χ1) is 6.90. The number of nitrogens with zero attached hydrogens (tertiary/aromatic N) is 1. The highest BCUT2D eigenvalue weighted by Gasteiger charge is 2.56. The van der Waals surface area contributed by atoms with Crippen LogP contribution in [-0.4, -0.2) is 21.9 Å². The van der Waals surface area contributed by atoms with Gasteiger partial charge in [0.2, 0.25) is 0 Å². The molecule has 1 rings (SSSR count). The summed E-state index contributed by atoms with van der Waals surface area (Å²) in [5.41, 5.74) is -1.40.